The summed E-state index contributed by atoms with van der Waals surface area (Å²) in [5.74, 6) is 5.06. The van der Waals surface area contributed by atoms with E-state index in [4.69, 9.17) is 4.74 Å². The minimum Gasteiger partial charge on any atom is -0.494 e. The highest BCUT2D eigenvalue weighted by Crippen LogP contribution is 2.43. The molecule has 1 saturated heterocycles. The summed E-state index contributed by atoms with van der Waals surface area (Å²) >= 11 is 0. The number of nitrogens with one attached hydrogen (secondary N) is 2. The van der Waals surface area contributed by atoms with Gasteiger partial charge in [-0.1, -0.05) is 24.0 Å². The summed E-state index contributed by atoms with van der Waals surface area (Å²) in [7, 11) is 4.89. The number of benzene rings is 3. The first kappa shape index (κ1) is 38.1. The van der Waals surface area contributed by atoms with Gasteiger partial charge in [-0.15, -0.1) is 0 Å². The number of carbonyl (C=O) groups excluding carboxylic acids is 4. The van der Waals surface area contributed by atoms with Gasteiger partial charge in [0.15, 0.2) is 0 Å². The molecule has 8 rings (SSSR count). The number of hydrogen-bond donors (Lipinski definition) is 2. The van der Waals surface area contributed by atoms with Crippen LogP contribution in [0, 0.1) is 11.8 Å². The summed E-state index contributed by atoms with van der Waals surface area (Å²) in [4.78, 5) is 70.6. The normalized spacial score (nSPS) is 16.2. The fourth-order valence-corrected chi connectivity index (χ4v) is 8.13. The lowest BCUT2D eigenvalue weighted by atomic mass is 9.92. The molecule has 4 amide bonds. The standard InChI is InChI=1S/C43H39F2N7O6/c1-49-35-19-27(20-36(58-3)38(35)50(2)43(49)57)51-17-7-10-25-18-29(30(39(44)45)21-34(25)51)26-12-13-32(47-22-26)40(54)46-16-5-4-8-24-9-6-11-28-31(24)23-52(42(28)56)33-14-15-37(53)48-41(33)55/h6,9,11-13,18-22,33,39H,5,7,10,14-17,23H2,1-3H3,(H,46,54)(H,48,53,55). The number of fused-ring (bicyclic) bond motifs is 3. The van der Waals surface area contributed by atoms with Gasteiger partial charge < -0.3 is 19.9 Å². The number of nitrogens with zero attached hydrogens (tertiary/aromatic N) is 5. The summed E-state index contributed by atoms with van der Waals surface area (Å²) < 4.78 is 38.2. The highest BCUT2D eigenvalue weighted by molar-refractivity contribution is 6.05. The highest BCUT2D eigenvalue weighted by atomic mass is 19.3. The lowest BCUT2D eigenvalue weighted by Gasteiger charge is -2.33. The van der Waals surface area contributed by atoms with Crippen molar-refractivity contribution in [2.24, 2.45) is 14.1 Å². The van der Waals surface area contributed by atoms with Gasteiger partial charge in [0, 0.05) is 92.5 Å². The fourth-order valence-electron chi connectivity index (χ4n) is 8.13. The number of piperidine rings is 1. The number of aryl methyl sites for hydroxylation is 3. The van der Waals surface area contributed by atoms with Crippen molar-refractivity contribution >= 4 is 46.0 Å². The van der Waals surface area contributed by atoms with E-state index in [0.29, 0.717) is 69.7 Å². The second-order valence-corrected chi connectivity index (χ2v) is 14.5. The summed E-state index contributed by atoms with van der Waals surface area (Å²) in [5.41, 5.74) is 5.92. The van der Waals surface area contributed by atoms with E-state index in [9.17, 15) is 32.8 Å². The summed E-state index contributed by atoms with van der Waals surface area (Å²) in [6, 6.07) is 14.6. The van der Waals surface area contributed by atoms with Crippen LogP contribution in [0.2, 0.25) is 0 Å². The monoisotopic (exact) mass is 787 g/mol. The van der Waals surface area contributed by atoms with Crippen LogP contribution in [0.5, 0.6) is 5.75 Å². The number of amides is 4. The Morgan fingerprint density at radius 3 is 2.60 bits per heavy atom. The van der Waals surface area contributed by atoms with Crippen molar-refractivity contribution in [2.75, 3.05) is 25.1 Å². The van der Waals surface area contributed by atoms with Crippen molar-refractivity contribution in [1.82, 2.24) is 29.7 Å². The van der Waals surface area contributed by atoms with Crippen molar-refractivity contribution in [2.45, 2.75) is 51.1 Å². The zero-order valence-electron chi connectivity index (χ0n) is 32.0. The molecule has 0 spiro atoms. The molecule has 3 aliphatic rings. The molecule has 2 N–H and O–H groups in total. The van der Waals surface area contributed by atoms with Crippen molar-refractivity contribution in [3.05, 3.63) is 105 Å². The lowest BCUT2D eigenvalue weighted by Crippen LogP contribution is -2.52. The minimum absolute atomic E-state index is 0.118. The van der Waals surface area contributed by atoms with Gasteiger partial charge in [-0.05, 0) is 72.4 Å². The van der Waals surface area contributed by atoms with Crippen LogP contribution in [0.4, 0.5) is 20.2 Å². The van der Waals surface area contributed by atoms with Gasteiger partial charge in [-0.25, -0.2) is 13.6 Å². The molecule has 1 atom stereocenters. The van der Waals surface area contributed by atoms with Gasteiger partial charge in [0.25, 0.3) is 18.2 Å². The van der Waals surface area contributed by atoms with Crippen LogP contribution >= 0.6 is 0 Å². The molecule has 15 heteroatoms. The first-order valence-corrected chi connectivity index (χ1v) is 18.9. The van der Waals surface area contributed by atoms with Crippen LogP contribution in [-0.4, -0.2) is 68.9 Å². The van der Waals surface area contributed by atoms with E-state index in [0.717, 1.165) is 17.7 Å². The zero-order valence-corrected chi connectivity index (χ0v) is 32.0. The number of imide groups is 1. The smallest absolute Gasteiger partial charge is 0.328 e. The van der Waals surface area contributed by atoms with Crippen molar-refractivity contribution in [3.8, 4) is 28.7 Å². The van der Waals surface area contributed by atoms with E-state index in [2.05, 4.69) is 27.5 Å². The first-order valence-electron chi connectivity index (χ1n) is 18.9. The molecule has 0 aliphatic carbocycles. The number of alkyl halides is 2. The molecule has 3 aromatic carbocycles. The van der Waals surface area contributed by atoms with Crippen molar-refractivity contribution < 1.29 is 32.7 Å². The number of pyridine rings is 1. The van der Waals surface area contributed by atoms with Gasteiger partial charge in [-0.3, -0.25) is 38.6 Å². The molecule has 5 aromatic rings. The Hall–Kier alpha value is -6.82. The molecule has 3 aliphatic heterocycles. The van der Waals surface area contributed by atoms with E-state index in [-0.39, 0.29) is 54.7 Å². The average molecular weight is 788 g/mol. The van der Waals surface area contributed by atoms with Gasteiger partial charge in [0.05, 0.1) is 12.6 Å². The molecular formula is C43H39F2N7O6. The third-order valence-electron chi connectivity index (χ3n) is 11.1. The number of methoxy groups -OCH3 is 1. The Kier molecular flexibility index (Phi) is 10.0. The Balaban J connectivity index is 0.948. The topological polar surface area (TPSA) is 148 Å². The van der Waals surface area contributed by atoms with Crippen molar-refractivity contribution in [1.29, 1.82) is 0 Å². The maximum atomic E-state index is 14.7. The van der Waals surface area contributed by atoms with Gasteiger partial charge >= 0.3 is 5.69 Å². The average Bonchev–Trinajstić information content (AvgIpc) is 3.67. The van der Waals surface area contributed by atoms with Gasteiger partial charge in [0.1, 0.15) is 23.0 Å². The molecule has 1 fully saturated rings. The number of imidazole rings is 1. The van der Waals surface area contributed by atoms with Crippen LogP contribution in [0.15, 0.2) is 65.6 Å². The predicted octanol–water partition coefficient (Wildman–Crippen LogP) is 4.90. The maximum absolute atomic E-state index is 14.7. The van der Waals surface area contributed by atoms with E-state index in [1.54, 1.807) is 44.4 Å². The number of carbonyl (C=O) groups is 4. The number of aromatic nitrogens is 3. The zero-order chi connectivity index (χ0) is 40.8. The minimum atomic E-state index is -2.79. The maximum Gasteiger partial charge on any atom is 0.328 e. The van der Waals surface area contributed by atoms with Crippen LogP contribution in [0.1, 0.15) is 75.2 Å². The van der Waals surface area contributed by atoms with Crippen LogP contribution in [-0.2, 0) is 36.6 Å². The molecule has 0 radical (unpaired) electrons. The van der Waals surface area contributed by atoms with E-state index >= 15 is 0 Å². The Labute approximate surface area is 331 Å². The third-order valence-corrected chi connectivity index (χ3v) is 11.1. The highest BCUT2D eigenvalue weighted by Gasteiger charge is 2.39. The third kappa shape index (κ3) is 6.74. The predicted molar refractivity (Wildman–Crippen MR) is 211 cm³/mol. The quantitative estimate of drug-likeness (QED) is 0.128. The largest absolute Gasteiger partial charge is 0.494 e. The van der Waals surface area contributed by atoms with Gasteiger partial charge in [-0.2, -0.15) is 0 Å². The molecule has 5 heterocycles. The Bertz CT molecular complexity index is 2660. The van der Waals surface area contributed by atoms with Gasteiger partial charge in [0.2, 0.25) is 11.8 Å². The molecule has 58 heavy (non-hydrogen) atoms. The second-order valence-electron chi connectivity index (χ2n) is 14.5. The number of rotatable bonds is 8. The number of anilines is 2. The second kappa shape index (κ2) is 15.3. The summed E-state index contributed by atoms with van der Waals surface area (Å²) in [6.07, 6.45) is 0.809. The lowest BCUT2D eigenvalue weighted by molar-refractivity contribution is -0.136. The molecule has 0 bridgehead atoms. The number of halogens is 2. The number of ether oxygens (including phenoxy) is 1. The molecule has 2 aromatic heterocycles. The molecule has 13 nitrogen and oxygen atoms in total. The van der Waals surface area contributed by atoms with E-state index < -0.39 is 24.3 Å². The van der Waals surface area contributed by atoms with E-state index in [1.165, 1.54) is 39.5 Å². The first-order chi connectivity index (χ1) is 27.9. The van der Waals surface area contributed by atoms with Crippen molar-refractivity contribution in [3.63, 3.8) is 0 Å². The summed E-state index contributed by atoms with van der Waals surface area (Å²) in [6.45, 7) is 1.00. The fraction of sp³-hybridized carbons (Fsp3) is 0.302. The Morgan fingerprint density at radius 1 is 1.03 bits per heavy atom. The molecule has 0 saturated carbocycles. The van der Waals surface area contributed by atoms with Crippen LogP contribution in [0.3, 0.4) is 0 Å². The molecule has 296 valence electrons. The number of hydrogen-bond acceptors (Lipinski definition) is 8. The SMILES string of the molecule is COc1cc(N2CCCc3cc(-c4ccc(C(=O)NCCC#Cc5cccc6c5CN(C5CCC(=O)NC5=O)C6=O)nc4)c(C(F)F)cc32)cc2c1n(C)c(=O)n2C. The summed E-state index contributed by atoms with van der Waals surface area (Å²) in [5, 5.41) is 5.09. The Morgan fingerprint density at radius 2 is 1.86 bits per heavy atom. The molecule has 1 unspecified atom stereocenters. The van der Waals surface area contributed by atoms with E-state index in [1.807, 2.05) is 17.0 Å². The van der Waals surface area contributed by atoms with Crippen LogP contribution in [0.25, 0.3) is 22.2 Å². The molecular weight excluding hydrogens is 749 g/mol. The van der Waals surface area contributed by atoms with Crippen LogP contribution < -0.4 is 26.0 Å².